The lowest BCUT2D eigenvalue weighted by molar-refractivity contribution is 0.577. The van der Waals surface area contributed by atoms with Gasteiger partial charge in [0.05, 0.1) is 5.69 Å². The first-order valence-electron chi connectivity index (χ1n) is 9.85. The molecule has 3 aromatic rings. The zero-order chi connectivity index (χ0) is 18.5. The van der Waals surface area contributed by atoms with Gasteiger partial charge in [0, 0.05) is 25.0 Å². The van der Waals surface area contributed by atoms with Gasteiger partial charge in [-0.1, -0.05) is 60.7 Å². The third kappa shape index (κ3) is 4.28. The van der Waals surface area contributed by atoms with Crippen molar-refractivity contribution in [1.29, 1.82) is 0 Å². The Labute approximate surface area is 162 Å². The molecule has 1 saturated heterocycles. The Balaban J connectivity index is 1.51. The van der Waals surface area contributed by atoms with Gasteiger partial charge < -0.3 is 4.90 Å². The highest BCUT2D eigenvalue weighted by Crippen LogP contribution is 2.25. The lowest BCUT2D eigenvalue weighted by Gasteiger charge is -2.30. The fourth-order valence-corrected chi connectivity index (χ4v) is 3.69. The molecule has 2 nitrogen and oxygen atoms in total. The van der Waals surface area contributed by atoms with Crippen molar-refractivity contribution in [3.8, 4) is 11.1 Å². The van der Waals surface area contributed by atoms with Crippen LogP contribution in [-0.2, 0) is 0 Å². The van der Waals surface area contributed by atoms with Crippen LogP contribution in [-0.4, -0.2) is 18.1 Å². The number of aryl methyl sites for hydroxylation is 1. The predicted octanol–water partition coefficient (Wildman–Crippen LogP) is 6.22. The molecule has 2 heteroatoms. The smallest absolute Gasteiger partial charge is 0.0650 e. The lowest BCUT2D eigenvalue weighted by Crippen LogP contribution is -2.30. The van der Waals surface area contributed by atoms with Crippen LogP contribution in [0.2, 0.25) is 0 Å². The summed E-state index contributed by atoms with van der Waals surface area (Å²) in [6.07, 6.45) is 10.2. The molecule has 2 aromatic carbocycles. The summed E-state index contributed by atoms with van der Waals surface area (Å²) in [6.45, 7) is 4.48. The van der Waals surface area contributed by atoms with Crippen LogP contribution in [0, 0.1) is 6.92 Å². The van der Waals surface area contributed by atoms with Crippen LogP contribution in [0.3, 0.4) is 0 Å². The van der Waals surface area contributed by atoms with E-state index in [1.165, 1.54) is 47.2 Å². The summed E-state index contributed by atoms with van der Waals surface area (Å²) in [5, 5.41) is 0. The molecule has 1 aliphatic rings. The highest BCUT2D eigenvalue weighted by atomic mass is 15.1. The monoisotopic (exact) mass is 354 g/mol. The number of nitrogens with zero attached hydrogens (tertiary/aromatic N) is 2. The SMILES string of the molecule is Cc1cnc(C=Cc2ccc(-c3ccccc3)cc2)cc1N1CCCCC1. The summed E-state index contributed by atoms with van der Waals surface area (Å²) < 4.78 is 0. The van der Waals surface area contributed by atoms with Crippen LogP contribution in [0.15, 0.2) is 66.9 Å². The average Bonchev–Trinajstić information content (AvgIpc) is 2.75. The van der Waals surface area contributed by atoms with E-state index in [-0.39, 0.29) is 0 Å². The molecule has 0 bridgehead atoms. The predicted molar refractivity (Wildman–Crippen MR) is 116 cm³/mol. The van der Waals surface area contributed by atoms with Crippen molar-refractivity contribution in [2.24, 2.45) is 0 Å². The Morgan fingerprint density at radius 3 is 2.26 bits per heavy atom. The maximum Gasteiger partial charge on any atom is 0.0650 e. The Hall–Kier alpha value is -2.87. The molecule has 0 radical (unpaired) electrons. The van der Waals surface area contributed by atoms with Gasteiger partial charge in [0.25, 0.3) is 0 Å². The standard InChI is InChI=1S/C25H26N2/c1-20-19-26-24(18-25(20)27-16-6-3-7-17-27)15-12-21-10-13-23(14-11-21)22-8-4-2-5-9-22/h2,4-5,8-15,18-19H,3,6-7,16-17H2,1H3. The second kappa shape index (κ2) is 8.22. The molecule has 136 valence electrons. The Morgan fingerprint density at radius 2 is 1.52 bits per heavy atom. The maximum atomic E-state index is 4.60. The first-order valence-corrected chi connectivity index (χ1v) is 9.85. The van der Waals surface area contributed by atoms with Gasteiger partial charge in [-0.3, -0.25) is 4.98 Å². The molecule has 1 aromatic heterocycles. The van der Waals surface area contributed by atoms with E-state index in [2.05, 4.69) is 83.6 Å². The van der Waals surface area contributed by atoms with Gasteiger partial charge in [-0.25, -0.2) is 0 Å². The van der Waals surface area contributed by atoms with Crippen molar-refractivity contribution in [2.45, 2.75) is 26.2 Å². The number of hydrogen-bond donors (Lipinski definition) is 0. The second-order valence-corrected chi connectivity index (χ2v) is 7.26. The van der Waals surface area contributed by atoms with Crippen LogP contribution in [0.1, 0.15) is 36.1 Å². The minimum atomic E-state index is 1.02. The van der Waals surface area contributed by atoms with Crippen molar-refractivity contribution in [2.75, 3.05) is 18.0 Å². The number of pyridine rings is 1. The van der Waals surface area contributed by atoms with E-state index in [0.717, 1.165) is 18.8 Å². The van der Waals surface area contributed by atoms with Crippen molar-refractivity contribution < 1.29 is 0 Å². The Kier molecular flexibility index (Phi) is 5.34. The van der Waals surface area contributed by atoms with Crippen LogP contribution in [0.25, 0.3) is 23.3 Å². The minimum Gasteiger partial charge on any atom is -0.371 e. The second-order valence-electron chi connectivity index (χ2n) is 7.26. The van der Waals surface area contributed by atoms with Gasteiger partial charge >= 0.3 is 0 Å². The van der Waals surface area contributed by atoms with Crippen LogP contribution in [0.5, 0.6) is 0 Å². The Morgan fingerprint density at radius 1 is 0.815 bits per heavy atom. The van der Waals surface area contributed by atoms with Gasteiger partial charge in [0.15, 0.2) is 0 Å². The zero-order valence-corrected chi connectivity index (χ0v) is 15.9. The number of aromatic nitrogens is 1. The van der Waals surface area contributed by atoms with E-state index < -0.39 is 0 Å². The molecule has 0 unspecified atom stereocenters. The van der Waals surface area contributed by atoms with Crippen LogP contribution >= 0.6 is 0 Å². The van der Waals surface area contributed by atoms with Gasteiger partial charge in [-0.15, -0.1) is 0 Å². The molecule has 27 heavy (non-hydrogen) atoms. The molecule has 2 heterocycles. The first kappa shape index (κ1) is 17.5. The van der Waals surface area contributed by atoms with E-state index in [4.69, 9.17) is 0 Å². The molecular weight excluding hydrogens is 328 g/mol. The summed E-state index contributed by atoms with van der Waals surface area (Å²) in [5.74, 6) is 0. The largest absolute Gasteiger partial charge is 0.371 e. The summed E-state index contributed by atoms with van der Waals surface area (Å²) >= 11 is 0. The van der Waals surface area contributed by atoms with Crippen molar-refractivity contribution in [3.05, 3.63) is 83.7 Å². The third-order valence-corrected chi connectivity index (χ3v) is 5.26. The lowest BCUT2D eigenvalue weighted by atomic mass is 10.0. The number of rotatable bonds is 4. The van der Waals surface area contributed by atoms with Gasteiger partial charge in [0.1, 0.15) is 0 Å². The molecule has 1 fully saturated rings. The highest BCUT2D eigenvalue weighted by Gasteiger charge is 2.13. The summed E-state index contributed by atoms with van der Waals surface area (Å²) in [5.41, 5.74) is 7.31. The quantitative estimate of drug-likeness (QED) is 0.553. The normalized spacial score (nSPS) is 14.6. The summed E-state index contributed by atoms with van der Waals surface area (Å²) in [4.78, 5) is 7.11. The summed E-state index contributed by atoms with van der Waals surface area (Å²) in [6, 6.07) is 21.4. The maximum absolute atomic E-state index is 4.60. The minimum absolute atomic E-state index is 1.02. The van der Waals surface area contributed by atoms with Crippen molar-refractivity contribution in [3.63, 3.8) is 0 Å². The topological polar surface area (TPSA) is 16.1 Å². The van der Waals surface area contributed by atoms with E-state index >= 15 is 0 Å². The number of benzene rings is 2. The molecule has 0 spiro atoms. The van der Waals surface area contributed by atoms with Crippen molar-refractivity contribution in [1.82, 2.24) is 4.98 Å². The fourth-order valence-electron chi connectivity index (χ4n) is 3.69. The van der Waals surface area contributed by atoms with Crippen LogP contribution in [0.4, 0.5) is 5.69 Å². The van der Waals surface area contributed by atoms with E-state index in [1.54, 1.807) is 0 Å². The molecule has 0 aliphatic carbocycles. The number of hydrogen-bond acceptors (Lipinski definition) is 2. The Bertz CT molecular complexity index is 905. The van der Waals surface area contributed by atoms with Gasteiger partial charge in [-0.05, 0) is 60.6 Å². The first-order chi connectivity index (χ1) is 13.3. The highest BCUT2D eigenvalue weighted by molar-refractivity contribution is 5.72. The molecular formula is C25H26N2. The van der Waals surface area contributed by atoms with E-state index in [9.17, 15) is 0 Å². The average molecular weight is 354 g/mol. The molecule has 1 aliphatic heterocycles. The van der Waals surface area contributed by atoms with Gasteiger partial charge in [0.2, 0.25) is 0 Å². The van der Waals surface area contributed by atoms with Gasteiger partial charge in [-0.2, -0.15) is 0 Å². The molecule has 0 N–H and O–H groups in total. The number of piperidine rings is 1. The number of anilines is 1. The van der Waals surface area contributed by atoms with Crippen LogP contribution < -0.4 is 4.90 Å². The van der Waals surface area contributed by atoms with E-state index in [0.29, 0.717) is 0 Å². The van der Waals surface area contributed by atoms with E-state index in [1.807, 2.05) is 12.3 Å². The molecule has 0 amide bonds. The molecule has 0 saturated carbocycles. The fraction of sp³-hybridized carbons (Fsp3) is 0.240. The molecule has 4 rings (SSSR count). The summed E-state index contributed by atoms with van der Waals surface area (Å²) in [7, 11) is 0. The zero-order valence-electron chi connectivity index (χ0n) is 15.9. The molecule has 0 atom stereocenters. The third-order valence-electron chi connectivity index (χ3n) is 5.26. The van der Waals surface area contributed by atoms with Crippen molar-refractivity contribution >= 4 is 17.8 Å².